The summed E-state index contributed by atoms with van der Waals surface area (Å²) in [5.41, 5.74) is 0.0806. The molecule has 0 atom stereocenters. The Morgan fingerprint density at radius 3 is 2.46 bits per heavy atom. The molecule has 0 aliphatic heterocycles. The molecule has 0 aromatic heterocycles. The molecular formula is C14H19N3O6S. The van der Waals surface area contributed by atoms with Crippen molar-refractivity contribution in [1.82, 2.24) is 14.9 Å². The maximum absolute atomic E-state index is 12.0. The molecule has 0 saturated heterocycles. The Bertz CT molecular complexity index is 730. The zero-order valence-electron chi connectivity index (χ0n) is 13.5. The van der Waals surface area contributed by atoms with Crippen molar-refractivity contribution in [3.05, 3.63) is 29.8 Å². The van der Waals surface area contributed by atoms with Gasteiger partial charge in [0.2, 0.25) is 10.0 Å². The van der Waals surface area contributed by atoms with Crippen molar-refractivity contribution in [2.24, 2.45) is 0 Å². The van der Waals surface area contributed by atoms with Crippen molar-refractivity contribution in [2.45, 2.75) is 4.90 Å². The topological polar surface area (TPSA) is 122 Å². The maximum atomic E-state index is 12.0. The summed E-state index contributed by atoms with van der Waals surface area (Å²) in [6, 6.07) is 5.42. The summed E-state index contributed by atoms with van der Waals surface area (Å²) in [4.78, 5) is 34.3. The number of nitrogens with zero attached hydrogens (tertiary/aromatic N) is 1. The first-order valence-electron chi connectivity index (χ1n) is 6.85. The van der Waals surface area contributed by atoms with Gasteiger partial charge in [0.05, 0.1) is 4.90 Å². The van der Waals surface area contributed by atoms with Gasteiger partial charge in [-0.1, -0.05) is 6.07 Å². The number of ether oxygens (including phenoxy) is 1. The Balaban J connectivity index is 2.70. The molecule has 0 spiro atoms. The van der Waals surface area contributed by atoms with Gasteiger partial charge in [0, 0.05) is 26.7 Å². The fourth-order valence-corrected chi connectivity index (χ4v) is 2.48. The van der Waals surface area contributed by atoms with E-state index in [0.29, 0.717) is 0 Å². The van der Waals surface area contributed by atoms with Crippen LogP contribution in [-0.4, -0.2) is 64.8 Å². The van der Waals surface area contributed by atoms with Crippen molar-refractivity contribution in [2.75, 3.05) is 34.3 Å². The SMILES string of the molecule is CNC(=O)COC(=O)CNC(=O)c1cccc(S(=O)(=O)N(C)C)c1. The lowest BCUT2D eigenvalue weighted by Gasteiger charge is -2.12. The van der Waals surface area contributed by atoms with E-state index in [2.05, 4.69) is 15.4 Å². The van der Waals surface area contributed by atoms with Crippen LogP contribution < -0.4 is 10.6 Å². The van der Waals surface area contributed by atoms with Gasteiger partial charge in [-0.05, 0) is 18.2 Å². The van der Waals surface area contributed by atoms with Crippen LogP contribution in [0.4, 0.5) is 0 Å². The molecule has 0 radical (unpaired) electrons. The molecule has 0 bridgehead atoms. The number of likely N-dealkylation sites (N-methyl/N-ethyl adjacent to an activating group) is 1. The Kier molecular flexibility index (Phi) is 6.86. The van der Waals surface area contributed by atoms with Crippen LogP contribution in [0.1, 0.15) is 10.4 Å². The predicted molar refractivity (Wildman–Crippen MR) is 84.7 cm³/mol. The molecule has 0 aliphatic carbocycles. The maximum Gasteiger partial charge on any atom is 0.325 e. The van der Waals surface area contributed by atoms with Gasteiger partial charge in [-0.3, -0.25) is 14.4 Å². The molecule has 132 valence electrons. The summed E-state index contributed by atoms with van der Waals surface area (Å²) in [7, 11) is 0.487. The van der Waals surface area contributed by atoms with Gasteiger partial charge < -0.3 is 15.4 Å². The van der Waals surface area contributed by atoms with Gasteiger partial charge in [-0.2, -0.15) is 0 Å². The fraction of sp³-hybridized carbons (Fsp3) is 0.357. The van der Waals surface area contributed by atoms with E-state index in [9.17, 15) is 22.8 Å². The van der Waals surface area contributed by atoms with Gasteiger partial charge in [-0.25, -0.2) is 12.7 Å². The smallest absolute Gasteiger partial charge is 0.325 e. The molecule has 0 fully saturated rings. The lowest BCUT2D eigenvalue weighted by atomic mass is 10.2. The van der Waals surface area contributed by atoms with Crippen molar-refractivity contribution in [3.8, 4) is 0 Å². The minimum absolute atomic E-state index is 0.0395. The van der Waals surface area contributed by atoms with Crippen LogP contribution in [0.5, 0.6) is 0 Å². The van der Waals surface area contributed by atoms with E-state index in [4.69, 9.17) is 0 Å². The molecule has 9 nitrogen and oxygen atoms in total. The summed E-state index contributed by atoms with van der Waals surface area (Å²) in [6.07, 6.45) is 0. The van der Waals surface area contributed by atoms with Crippen LogP contribution in [0, 0.1) is 0 Å². The summed E-state index contributed by atoms with van der Waals surface area (Å²) in [6.45, 7) is -0.887. The van der Waals surface area contributed by atoms with Crippen LogP contribution in [0.3, 0.4) is 0 Å². The second-order valence-electron chi connectivity index (χ2n) is 4.83. The highest BCUT2D eigenvalue weighted by Gasteiger charge is 2.19. The van der Waals surface area contributed by atoms with Gasteiger partial charge in [-0.15, -0.1) is 0 Å². The van der Waals surface area contributed by atoms with Crippen LogP contribution in [0.15, 0.2) is 29.2 Å². The zero-order valence-corrected chi connectivity index (χ0v) is 14.3. The number of benzene rings is 1. The fourth-order valence-electron chi connectivity index (χ4n) is 1.53. The van der Waals surface area contributed by atoms with Gasteiger partial charge >= 0.3 is 5.97 Å². The second kappa shape index (κ2) is 8.41. The molecule has 10 heteroatoms. The Labute approximate surface area is 140 Å². The Morgan fingerprint density at radius 2 is 1.88 bits per heavy atom. The molecule has 0 heterocycles. The number of sulfonamides is 1. The largest absolute Gasteiger partial charge is 0.454 e. The van der Waals surface area contributed by atoms with Gasteiger partial charge in [0.15, 0.2) is 6.61 Å². The highest BCUT2D eigenvalue weighted by atomic mass is 32.2. The van der Waals surface area contributed by atoms with Gasteiger partial charge in [0.25, 0.3) is 11.8 Å². The standard InChI is InChI=1S/C14H19N3O6S/c1-15-12(18)9-23-13(19)8-16-14(20)10-5-4-6-11(7-10)24(21,22)17(2)3/h4-7H,8-9H2,1-3H3,(H,15,18)(H,16,20). The quantitative estimate of drug-likeness (QED) is 0.601. The summed E-state index contributed by atoms with van der Waals surface area (Å²) in [5.74, 6) is -1.90. The number of hydrogen-bond donors (Lipinski definition) is 2. The first kappa shape index (κ1) is 19.6. The number of nitrogens with one attached hydrogen (secondary N) is 2. The lowest BCUT2D eigenvalue weighted by Crippen LogP contribution is -2.33. The van der Waals surface area contributed by atoms with Crippen LogP contribution in [0.2, 0.25) is 0 Å². The molecule has 2 amide bonds. The third kappa shape index (κ3) is 5.32. The van der Waals surface area contributed by atoms with E-state index in [0.717, 1.165) is 4.31 Å². The minimum Gasteiger partial charge on any atom is -0.454 e. The minimum atomic E-state index is -3.67. The number of carbonyl (C=O) groups is 3. The highest BCUT2D eigenvalue weighted by Crippen LogP contribution is 2.14. The van der Waals surface area contributed by atoms with Crippen molar-refractivity contribution in [1.29, 1.82) is 0 Å². The summed E-state index contributed by atoms with van der Waals surface area (Å²) >= 11 is 0. The van der Waals surface area contributed by atoms with Crippen LogP contribution in [-0.2, 0) is 24.3 Å². The molecule has 2 N–H and O–H groups in total. The number of carbonyl (C=O) groups excluding carboxylic acids is 3. The average molecular weight is 357 g/mol. The van der Waals surface area contributed by atoms with Crippen molar-refractivity contribution >= 4 is 27.8 Å². The van der Waals surface area contributed by atoms with Crippen molar-refractivity contribution < 1.29 is 27.5 Å². The molecule has 24 heavy (non-hydrogen) atoms. The first-order valence-corrected chi connectivity index (χ1v) is 8.29. The van der Waals surface area contributed by atoms with Crippen LogP contribution in [0.25, 0.3) is 0 Å². The number of amides is 2. The summed E-state index contributed by atoms with van der Waals surface area (Å²) in [5, 5.41) is 4.57. The number of hydrogen-bond acceptors (Lipinski definition) is 6. The highest BCUT2D eigenvalue weighted by molar-refractivity contribution is 7.89. The van der Waals surface area contributed by atoms with Gasteiger partial charge in [0.1, 0.15) is 6.54 Å². The van der Waals surface area contributed by atoms with Crippen LogP contribution >= 0.6 is 0 Å². The van der Waals surface area contributed by atoms with E-state index in [-0.39, 0.29) is 10.5 Å². The zero-order chi connectivity index (χ0) is 18.3. The van der Waals surface area contributed by atoms with E-state index >= 15 is 0 Å². The Morgan fingerprint density at radius 1 is 1.21 bits per heavy atom. The predicted octanol–water partition coefficient (Wildman–Crippen LogP) is -1.04. The molecular weight excluding hydrogens is 338 g/mol. The third-order valence-electron chi connectivity index (χ3n) is 2.91. The van der Waals surface area contributed by atoms with E-state index in [1.54, 1.807) is 0 Å². The molecule has 0 unspecified atom stereocenters. The molecule has 0 saturated carbocycles. The first-order chi connectivity index (χ1) is 11.2. The third-order valence-corrected chi connectivity index (χ3v) is 4.72. The normalized spacial score (nSPS) is 11.0. The average Bonchev–Trinajstić information content (AvgIpc) is 2.57. The Hall–Kier alpha value is -2.46. The molecule has 1 rings (SSSR count). The van der Waals surface area contributed by atoms with E-state index < -0.39 is 41.0 Å². The molecule has 1 aromatic carbocycles. The lowest BCUT2D eigenvalue weighted by molar-refractivity contribution is -0.147. The molecule has 0 aliphatic rings. The second-order valence-corrected chi connectivity index (χ2v) is 6.98. The monoisotopic (exact) mass is 357 g/mol. The van der Waals surface area contributed by atoms with E-state index in [1.165, 1.54) is 45.4 Å². The summed E-state index contributed by atoms with van der Waals surface area (Å²) < 4.78 is 29.7. The number of rotatable bonds is 7. The van der Waals surface area contributed by atoms with Crippen molar-refractivity contribution in [3.63, 3.8) is 0 Å². The molecule has 1 aromatic rings. The number of esters is 1. The van der Waals surface area contributed by atoms with E-state index in [1.807, 2.05) is 0 Å².